The van der Waals surface area contributed by atoms with E-state index < -0.39 is 48.0 Å². The molecule has 0 aromatic heterocycles. The Labute approximate surface area is 205 Å². The van der Waals surface area contributed by atoms with E-state index >= 15 is 0 Å². The van der Waals surface area contributed by atoms with E-state index in [1.54, 1.807) is 57.2 Å². The lowest BCUT2D eigenvalue weighted by Gasteiger charge is -2.30. The number of esters is 1. The van der Waals surface area contributed by atoms with Crippen molar-refractivity contribution in [3.8, 4) is 0 Å². The quantitative estimate of drug-likeness (QED) is 0.500. The maximum absolute atomic E-state index is 13.2. The van der Waals surface area contributed by atoms with E-state index in [-0.39, 0.29) is 13.0 Å². The first-order chi connectivity index (χ1) is 16.5. The van der Waals surface area contributed by atoms with Gasteiger partial charge in [0.2, 0.25) is 11.8 Å². The van der Waals surface area contributed by atoms with Crippen LogP contribution in [-0.2, 0) is 36.9 Å². The van der Waals surface area contributed by atoms with Crippen LogP contribution in [0.5, 0.6) is 0 Å². The Morgan fingerprint density at radius 1 is 0.943 bits per heavy atom. The summed E-state index contributed by atoms with van der Waals surface area (Å²) < 4.78 is 10.7. The first-order valence-corrected chi connectivity index (χ1v) is 11.2. The summed E-state index contributed by atoms with van der Waals surface area (Å²) in [5, 5.41) is 2.57. The van der Waals surface area contributed by atoms with E-state index in [4.69, 9.17) is 15.2 Å². The minimum atomic E-state index is -1.29. The summed E-state index contributed by atoms with van der Waals surface area (Å²) in [5.41, 5.74) is 6.26. The van der Waals surface area contributed by atoms with Crippen LogP contribution in [0.2, 0.25) is 0 Å². The molecule has 0 saturated heterocycles. The Bertz CT molecular complexity index is 1000. The van der Waals surface area contributed by atoms with Gasteiger partial charge in [-0.2, -0.15) is 0 Å². The van der Waals surface area contributed by atoms with Gasteiger partial charge in [-0.15, -0.1) is 0 Å². The predicted molar refractivity (Wildman–Crippen MR) is 130 cm³/mol. The lowest BCUT2D eigenvalue weighted by molar-refractivity contribution is -0.148. The fourth-order valence-corrected chi connectivity index (χ4v) is 3.16. The standard InChI is InChI=1S/C26H33N3O6/c1-26(2,3)35-25(33)29(4)21(16-22(30)34-17-19-13-9-6-10-14-19)24(32)28-20(23(27)31)15-18-11-7-5-8-12-18/h5-14,20-21H,15-17H2,1-4H3,(H2,27,31)(H,28,32)/t20-,21-/m0/s1. The second kappa shape index (κ2) is 12.5. The molecular weight excluding hydrogens is 450 g/mol. The molecule has 0 unspecified atom stereocenters. The van der Waals surface area contributed by atoms with Gasteiger partial charge in [-0.3, -0.25) is 19.3 Å². The molecule has 2 aromatic carbocycles. The molecule has 2 atom stereocenters. The van der Waals surface area contributed by atoms with Crippen LogP contribution in [0.1, 0.15) is 38.3 Å². The molecule has 188 valence electrons. The van der Waals surface area contributed by atoms with Gasteiger partial charge in [0.05, 0.1) is 6.42 Å². The molecule has 0 aliphatic heterocycles. The van der Waals surface area contributed by atoms with Crippen molar-refractivity contribution in [1.82, 2.24) is 10.2 Å². The summed E-state index contributed by atoms with van der Waals surface area (Å²) in [4.78, 5) is 51.5. The van der Waals surface area contributed by atoms with E-state index in [2.05, 4.69) is 5.32 Å². The summed E-state index contributed by atoms with van der Waals surface area (Å²) in [5.74, 6) is -2.16. The Hall–Kier alpha value is -3.88. The smallest absolute Gasteiger partial charge is 0.410 e. The summed E-state index contributed by atoms with van der Waals surface area (Å²) >= 11 is 0. The largest absolute Gasteiger partial charge is 0.461 e. The number of likely N-dealkylation sites (N-methyl/N-ethyl adjacent to an activating group) is 1. The molecule has 0 aliphatic rings. The van der Waals surface area contributed by atoms with Gasteiger partial charge in [0, 0.05) is 13.5 Å². The number of nitrogens with two attached hydrogens (primary N) is 1. The van der Waals surface area contributed by atoms with Gasteiger partial charge >= 0.3 is 12.1 Å². The van der Waals surface area contributed by atoms with Crippen LogP contribution in [0.3, 0.4) is 0 Å². The van der Waals surface area contributed by atoms with Crippen molar-refractivity contribution < 1.29 is 28.7 Å². The third kappa shape index (κ3) is 9.48. The van der Waals surface area contributed by atoms with Crippen LogP contribution >= 0.6 is 0 Å². The van der Waals surface area contributed by atoms with Gasteiger partial charge in [-0.25, -0.2) is 4.79 Å². The van der Waals surface area contributed by atoms with Crippen LogP contribution in [0.25, 0.3) is 0 Å². The fourth-order valence-electron chi connectivity index (χ4n) is 3.16. The van der Waals surface area contributed by atoms with Crippen molar-refractivity contribution in [2.75, 3.05) is 7.05 Å². The van der Waals surface area contributed by atoms with Crippen molar-refractivity contribution in [2.24, 2.45) is 5.73 Å². The molecule has 0 fully saturated rings. The first-order valence-electron chi connectivity index (χ1n) is 11.2. The zero-order valence-corrected chi connectivity index (χ0v) is 20.5. The number of nitrogens with zero attached hydrogens (tertiary/aromatic N) is 1. The summed E-state index contributed by atoms with van der Waals surface area (Å²) in [6.45, 7) is 5.07. The van der Waals surface area contributed by atoms with Crippen molar-refractivity contribution in [3.63, 3.8) is 0 Å². The number of amides is 3. The van der Waals surface area contributed by atoms with Gasteiger partial charge < -0.3 is 20.5 Å². The molecular formula is C26H33N3O6. The lowest BCUT2D eigenvalue weighted by Crippen LogP contribution is -2.55. The van der Waals surface area contributed by atoms with Crippen LogP contribution in [0.15, 0.2) is 60.7 Å². The molecule has 3 amide bonds. The fraction of sp³-hybridized carbons (Fsp3) is 0.385. The first kappa shape index (κ1) is 27.4. The zero-order chi connectivity index (χ0) is 26.0. The molecule has 9 heteroatoms. The number of rotatable bonds is 10. The average Bonchev–Trinajstić information content (AvgIpc) is 2.80. The van der Waals surface area contributed by atoms with E-state index in [1.807, 2.05) is 24.3 Å². The maximum atomic E-state index is 13.2. The predicted octanol–water partition coefficient (Wildman–Crippen LogP) is 2.57. The van der Waals surface area contributed by atoms with Gasteiger partial charge in [-0.1, -0.05) is 60.7 Å². The van der Waals surface area contributed by atoms with Crippen LogP contribution < -0.4 is 11.1 Å². The second-order valence-electron chi connectivity index (χ2n) is 9.11. The zero-order valence-electron chi connectivity index (χ0n) is 20.5. The van der Waals surface area contributed by atoms with Gasteiger partial charge in [0.25, 0.3) is 0 Å². The number of primary amides is 1. The molecule has 0 heterocycles. The molecule has 9 nitrogen and oxygen atoms in total. The third-order valence-electron chi connectivity index (χ3n) is 5.00. The number of carbonyl (C=O) groups excluding carboxylic acids is 4. The molecule has 0 saturated carbocycles. The summed E-state index contributed by atoms with van der Waals surface area (Å²) in [6.07, 6.45) is -1.08. The Morgan fingerprint density at radius 2 is 1.49 bits per heavy atom. The molecule has 2 rings (SSSR count). The summed E-state index contributed by atoms with van der Waals surface area (Å²) in [6, 6.07) is 15.8. The van der Waals surface area contributed by atoms with Gasteiger partial charge in [-0.05, 0) is 31.9 Å². The number of hydrogen-bond donors (Lipinski definition) is 2. The Kier molecular flexibility index (Phi) is 9.81. The number of carbonyl (C=O) groups is 4. The molecule has 2 aromatic rings. The van der Waals surface area contributed by atoms with Crippen molar-refractivity contribution in [2.45, 2.75) is 57.9 Å². The number of ether oxygens (including phenoxy) is 2. The highest BCUT2D eigenvalue weighted by Crippen LogP contribution is 2.14. The molecule has 0 aliphatic carbocycles. The highest BCUT2D eigenvalue weighted by molar-refractivity contribution is 5.93. The average molecular weight is 484 g/mol. The van der Waals surface area contributed by atoms with Crippen molar-refractivity contribution >= 4 is 23.9 Å². The monoisotopic (exact) mass is 483 g/mol. The normalized spacial score (nSPS) is 12.7. The minimum Gasteiger partial charge on any atom is -0.461 e. The highest BCUT2D eigenvalue weighted by Gasteiger charge is 2.34. The van der Waals surface area contributed by atoms with E-state index in [0.29, 0.717) is 0 Å². The number of hydrogen-bond acceptors (Lipinski definition) is 6. The molecule has 0 spiro atoms. The van der Waals surface area contributed by atoms with Crippen molar-refractivity contribution in [1.29, 1.82) is 0 Å². The van der Waals surface area contributed by atoms with Crippen LogP contribution in [0.4, 0.5) is 4.79 Å². The molecule has 0 radical (unpaired) electrons. The second-order valence-corrected chi connectivity index (χ2v) is 9.11. The van der Waals surface area contributed by atoms with Crippen LogP contribution in [-0.4, -0.2) is 53.5 Å². The molecule has 0 bridgehead atoms. The van der Waals surface area contributed by atoms with Gasteiger partial charge in [0.1, 0.15) is 24.3 Å². The number of nitrogens with one attached hydrogen (secondary N) is 1. The van der Waals surface area contributed by atoms with E-state index in [0.717, 1.165) is 16.0 Å². The van der Waals surface area contributed by atoms with E-state index in [9.17, 15) is 19.2 Å². The number of benzene rings is 2. The van der Waals surface area contributed by atoms with E-state index in [1.165, 1.54) is 7.05 Å². The van der Waals surface area contributed by atoms with Crippen LogP contribution in [0, 0.1) is 0 Å². The maximum Gasteiger partial charge on any atom is 0.410 e. The molecule has 3 N–H and O–H groups in total. The Morgan fingerprint density at radius 3 is 2.00 bits per heavy atom. The highest BCUT2D eigenvalue weighted by atomic mass is 16.6. The Balaban J connectivity index is 2.16. The summed E-state index contributed by atoms with van der Waals surface area (Å²) in [7, 11) is 1.35. The molecule has 35 heavy (non-hydrogen) atoms. The minimum absolute atomic E-state index is 0.0160. The third-order valence-corrected chi connectivity index (χ3v) is 5.00. The van der Waals surface area contributed by atoms with Gasteiger partial charge in [0.15, 0.2) is 0 Å². The van der Waals surface area contributed by atoms with Crippen molar-refractivity contribution in [3.05, 3.63) is 71.8 Å². The topological polar surface area (TPSA) is 128 Å². The lowest BCUT2D eigenvalue weighted by atomic mass is 10.0. The SMILES string of the molecule is CN(C(=O)OC(C)(C)C)[C@@H](CC(=O)OCc1ccccc1)C(=O)N[C@@H](Cc1ccccc1)C(N)=O.